The second kappa shape index (κ2) is 12.3. The summed E-state index contributed by atoms with van der Waals surface area (Å²) in [6, 6.07) is 12.4. The Labute approximate surface area is 231 Å². The molecule has 0 spiro atoms. The van der Waals surface area contributed by atoms with Gasteiger partial charge in [0.15, 0.2) is 5.69 Å². The molecule has 1 aromatic heterocycles. The number of nitrogens with zero attached hydrogens (tertiary/aromatic N) is 4. The number of carbonyl (C=O) groups excluding carboxylic acids is 1. The van der Waals surface area contributed by atoms with Gasteiger partial charge in [-0.3, -0.25) is 15.2 Å². The normalized spacial score (nSPS) is 13.8. The summed E-state index contributed by atoms with van der Waals surface area (Å²) in [5.74, 6) is 1.04. The van der Waals surface area contributed by atoms with Crippen molar-refractivity contribution in [3.05, 3.63) is 71.3 Å². The third-order valence-electron chi connectivity index (χ3n) is 7.23. The van der Waals surface area contributed by atoms with Gasteiger partial charge in [0, 0.05) is 73.2 Å². The summed E-state index contributed by atoms with van der Waals surface area (Å²) in [4.78, 5) is 26.7. The molecule has 3 aromatic rings. The number of amides is 1. The fourth-order valence-corrected chi connectivity index (χ4v) is 5.34. The minimum absolute atomic E-state index is 0.252. The fraction of sp³-hybridized carbons (Fsp3) is 0.433. The summed E-state index contributed by atoms with van der Waals surface area (Å²) in [5.41, 5.74) is 9.53. The van der Waals surface area contributed by atoms with Crippen LogP contribution < -0.4 is 30.1 Å². The standard InChI is InChI=1S/C30H40N6O3/c1-7-35(8-2)21-13-15-23(25(19-21)38-11-5)30(28-27(29(37)33-34-30)31-17-18-32-28)24-16-14-22(36(9-3)10-4)20-26(24)39-12-6/h13-20,34H,7-12H2,1-6H3,(H,33,37). The van der Waals surface area contributed by atoms with Crippen molar-refractivity contribution in [3.8, 4) is 11.5 Å². The lowest BCUT2D eigenvalue weighted by Crippen LogP contribution is -2.59. The molecule has 0 saturated carbocycles. The highest BCUT2D eigenvalue weighted by atomic mass is 16.5. The Bertz CT molecular complexity index is 1220. The molecule has 0 unspecified atom stereocenters. The number of carbonyl (C=O) groups is 1. The van der Waals surface area contributed by atoms with Crippen molar-refractivity contribution < 1.29 is 14.3 Å². The van der Waals surface area contributed by atoms with Gasteiger partial charge in [-0.1, -0.05) is 12.1 Å². The van der Waals surface area contributed by atoms with Crippen molar-refractivity contribution in [1.82, 2.24) is 20.8 Å². The second-order valence-corrected chi connectivity index (χ2v) is 9.15. The van der Waals surface area contributed by atoms with E-state index in [1.165, 1.54) is 6.20 Å². The van der Waals surface area contributed by atoms with E-state index in [4.69, 9.17) is 14.5 Å². The molecule has 9 heteroatoms. The zero-order valence-electron chi connectivity index (χ0n) is 23.9. The molecule has 9 nitrogen and oxygen atoms in total. The van der Waals surface area contributed by atoms with E-state index < -0.39 is 5.54 Å². The number of benzene rings is 2. The molecule has 0 aliphatic carbocycles. The molecule has 0 fully saturated rings. The molecule has 2 heterocycles. The molecule has 2 N–H and O–H groups in total. The van der Waals surface area contributed by atoms with E-state index in [9.17, 15) is 4.79 Å². The molecule has 1 aliphatic rings. The van der Waals surface area contributed by atoms with Crippen molar-refractivity contribution in [3.63, 3.8) is 0 Å². The lowest BCUT2D eigenvalue weighted by Gasteiger charge is -2.41. The lowest BCUT2D eigenvalue weighted by molar-refractivity contribution is 0.0885. The quantitative estimate of drug-likeness (QED) is 0.352. The Balaban J connectivity index is 2.07. The molecule has 208 valence electrons. The van der Waals surface area contributed by atoms with E-state index in [2.05, 4.69) is 89.7 Å². The van der Waals surface area contributed by atoms with Crippen LogP contribution in [0.3, 0.4) is 0 Å². The van der Waals surface area contributed by atoms with Crippen molar-refractivity contribution in [2.45, 2.75) is 47.1 Å². The van der Waals surface area contributed by atoms with Crippen molar-refractivity contribution in [2.75, 3.05) is 49.2 Å². The molecular weight excluding hydrogens is 492 g/mol. The summed E-state index contributed by atoms with van der Waals surface area (Å²) in [5, 5.41) is 0. The van der Waals surface area contributed by atoms with E-state index in [-0.39, 0.29) is 11.6 Å². The number of hydrogen-bond donors (Lipinski definition) is 2. The number of fused-ring (bicyclic) bond motifs is 1. The topological polar surface area (TPSA) is 91.8 Å². The van der Waals surface area contributed by atoms with E-state index in [0.717, 1.165) is 48.7 Å². The Hall–Kier alpha value is -3.85. The number of aromatic nitrogens is 2. The Morgan fingerprint density at radius 1 is 0.744 bits per heavy atom. The smallest absolute Gasteiger partial charge is 0.286 e. The minimum atomic E-state index is -1.13. The van der Waals surface area contributed by atoms with Crippen molar-refractivity contribution >= 4 is 17.3 Å². The lowest BCUT2D eigenvalue weighted by atomic mass is 9.77. The van der Waals surface area contributed by atoms with Crippen LogP contribution in [0.5, 0.6) is 11.5 Å². The van der Waals surface area contributed by atoms with Crippen LogP contribution in [0.25, 0.3) is 0 Å². The molecule has 2 aromatic carbocycles. The molecule has 0 saturated heterocycles. The maximum atomic E-state index is 12.9. The number of anilines is 2. The van der Waals surface area contributed by atoms with Gasteiger partial charge in [-0.25, -0.2) is 10.4 Å². The third-order valence-corrected chi connectivity index (χ3v) is 7.23. The number of nitrogens with one attached hydrogen (secondary N) is 2. The first-order valence-corrected chi connectivity index (χ1v) is 13.9. The maximum absolute atomic E-state index is 12.9. The molecular formula is C30H40N6O3. The van der Waals surface area contributed by atoms with Gasteiger partial charge in [0.25, 0.3) is 5.91 Å². The average molecular weight is 533 g/mol. The van der Waals surface area contributed by atoms with Crippen LogP contribution in [0.2, 0.25) is 0 Å². The average Bonchev–Trinajstić information content (AvgIpc) is 2.96. The van der Waals surface area contributed by atoms with Gasteiger partial charge in [-0.05, 0) is 53.7 Å². The SMILES string of the molecule is CCOc1cc(N(CC)CC)ccc1C1(c2ccc(N(CC)CC)cc2OCC)NNC(=O)c2nccnc21. The van der Waals surface area contributed by atoms with Crippen molar-refractivity contribution in [2.24, 2.45) is 0 Å². The molecule has 0 radical (unpaired) electrons. The first-order valence-electron chi connectivity index (χ1n) is 13.9. The van der Waals surface area contributed by atoms with E-state index in [1.807, 2.05) is 13.8 Å². The Morgan fingerprint density at radius 3 is 1.69 bits per heavy atom. The van der Waals surface area contributed by atoms with Crippen LogP contribution >= 0.6 is 0 Å². The van der Waals surface area contributed by atoms with Gasteiger partial charge in [-0.2, -0.15) is 0 Å². The van der Waals surface area contributed by atoms with Gasteiger partial charge in [0.1, 0.15) is 22.7 Å². The van der Waals surface area contributed by atoms with Gasteiger partial charge >= 0.3 is 0 Å². The van der Waals surface area contributed by atoms with Crippen LogP contribution in [-0.4, -0.2) is 55.3 Å². The summed E-state index contributed by atoms with van der Waals surface area (Å²) < 4.78 is 12.6. The van der Waals surface area contributed by atoms with Crippen LogP contribution in [-0.2, 0) is 5.54 Å². The molecule has 0 bridgehead atoms. The van der Waals surface area contributed by atoms with Gasteiger partial charge in [0.05, 0.1) is 13.2 Å². The molecule has 1 aliphatic heterocycles. The van der Waals surface area contributed by atoms with E-state index >= 15 is 0 Å². The highest BCUT2D eigenvalue weighted by Crippen LogP contribution is 2.47. The number of hydrogen-bond acceptors (Lipinski definition) is 8. The largest absolute Gasteiger partial charge is 0.493 e. The van der Waals surface area contributed by atoms with Crippen LogP contribution in [0.1, 0.15) is 68.9 Å². The summed E-state index contributed by atoms with van der Waals surface area (Å²) in [7, 11) is 0. The first-order chi connectivity index (χ1) is 19.0. The monoisotopic (exact) mass is 532 g/mol. The zero-order valence-corrected chi connectivity index (χ0v) is 23.9. The Morgan fingerprint density at radius 2 is 1.23 bits per heavy atom. The fourth-order valence-electron chi connectivity index (χ4n) is 5.34. The molecule has 0 atom stereocenters. The van der Waals surface area contributed by atoms with E-state index in [0.29, 0.717) is 30.4 Å². The minimum Gasteiger partial charge on any atom is -0.493 e. The predicted molar refractivity (Wildman–Crippen MR) is 155 cm³/mol. The highest BCUT2D eigenvalue weighted by molar-refractivity contribution is 5.95. The second-order valence-electron chi connectivity index (χ2n) is 9.15. The number of ether oxygens (including phenoxy) is 2. The summed E-state index contributed by atoms with van der Waals surface area (Å²) in [6.45, 7) is 16.9. The maximum Gasteiger partial charge on any atom is 0.286 e. The van der Waals surface area contributed by atoms with Crippen molar-refractivity contribution in [1.29, 1.82) is 0 Å². The summed E-state index contributed by atoms with van der Waals surface area (Å²) in [6.07, 6.45) is 3.15. The van der Waals surface area contributed by atoms with Crippen LogP contribution in [0, 0.1) is 0 Å². The van der Waals surface area contributed by atoms with Gasteiger partial charge in [-0.15, -0.1) is 0 Å². The van der Waals surface area contributed by atoms with E-state index in [1.54, 1.807) is 6.20 Å². The van der Waals surface area contributed by atoms with Gasteiger partial charge in [0.2, 0.25) is 0 Å². The van der Waals surface area contributed by atoms with Crippen LogP contribution in [0.15, 0.2) is 48.8 Å². The highest BCUT2D eigenvalue weighted by Gasteiger charge is 2.48. The first kappa shape index (κ1) is 28.2. The number of hydrazine groups is 1. The number of rotatable bonds is 12. The molecule has 39 heavy (non-hydrogen) atoms. The predicted octanol–water partition coefficient (Wildman–Crippen LogP) is 4.51. The van der Waals surface area contributed by atoms with Gasteiger partial charge < -0.3 is 19.3 Å². The molecule has 4 rings (SSSR count). The summed E-state index contributed by atoms with van der Waals surface area (Å²) >= 11 is 0. The Kier molecular flexibility index (Phi) is 8.91. The van der Waals surface area contributed by atoms with Crippen LogP contribution in [0.4, 0.5) is 11.4 Å². The zero-order chi connectivity index (χ0) is 28.0. The third kappa shape index (κ3) is 5.11. The molecule has 1 amide bonds.